The highest BCUT2D eigenvalue weighted by atomic mass is 35.5. The Kier molecular flexibility index (Phi) is 8.05. The van der Waals surface area contributed by atoms with E-state index in [1.165, 1.54) is 44.7 Å². The number of aryl methyl sites for hydroxylation is 2. The van der Waals surface area contributed by atoms with Crippen molar-refractivity contribution in [2.24, 2.45) is 0 Å². The highest BCUT2D eigenvalue weighted by Gasteiger charge is 2.27. The van der Waals surface area contributed by atoms with Crippen molar-refractivity contribution >= 4 is 41.3 Å². The molecule has 0 spiro atoms. The topological polar surface area (TPSA) is 61.7 Å². The Hall–Kier alpha value is -2.52. The third-order valence-electron chi connectivity index (χ3n) is 8.25. The van der Waals surface area contributed by atoms with Gasteiger partial charge >= 0.3 is 0 Å². The van der Waals surface area contributed by atoms with Gasteiger partial charge in [-0.05, 0) is 57.0 Å². The number of hydrogen-bond acceptors (Lipinski definition) is 7. The number of aromatic nitrogens is 3. The Labute approximate surface area is 236 Å². The molecule has 0 amide bonds. The number of ether oxygens (including phenoxy) is 1. The van der Waals surface area contributed by atoms with Gasteiger partial charge in [0.15, 0.2) is 0 Å². The third-order valence-corrected chi connectivity index (χ3v) is 8.56. The van der Waals surface area contributed by atoms with E-state index in [2.05, 4.69) is 61.7 Å². The summed E-state index contributed by atoms with van der Waals surface area (Å²) in [5, 5.41) is 4.16. The molecule has 0 atom stereocenters. The van der Waals surface area contributed by atoms with Crippen LogP contribution in [0, 0.1) is 6.92 Å². The average molecular weight is 559 g/mol. The van der Waals surface area contributed by atoms with E-state index in [1.807, 2.05) is 12.3 Å². The molecule has 1 aromatic carbocycles. The maximum Gasteiger partial charge on any atom is 0.227 e. The van der Waals surface area contributed by atoms with Crippen LogP contribution in [0.1, 0.15) is 24.0 Å². The van der Waals surface area contributed by atoms with Crippen molar-refractivity contribution < 1.29 is 4.74 Å². The summed E-state index contributed by atoms with van der Waals surface area (Å²) in [7, 11) is 3.94. The highest BCUT2D eigenvalue weighted by Crippen LogP contribution is 2.37. The minimum Gasteiger partial charge on any atom is -0.494 e. The number of anilines is 3. The van der Waals surface area contributed by atoms with Gasteiger partial charge in [-0.3, -0.25) is 4.90 Å². The second-order valence-corrected chi connectivity index (χ2v) is 10.9. The van der Waals surface area contributed by atoms with Crippen molar-refractivity contribution in [3.8, 4) is 17.1 Å². The molecular formula is C28H37Cl2N7O. The number of methoxy groups -OCH3 is 1. The summed E-state index contributed by atoms with van der Waals surface area (Å²) >= 11 is 6.45. The van der Waals surface area contributed by atoms with Crippen molar-refractivity contribution in [2.75, 3.05) is 63.6 Å². The lowest BCUT2D eigenvalue weighted by Crippen LogP contribution is -2.52. The molecule has 3 aliphatic rings. The Bertz CT molecular complexity index is 1280. The summed E-state index contributed by atoms with van der Waals surface area (Å²) < 4.78 is 7.92. The molecule has 2 fully saturated rings. The number of fused-ring (bicyclic) bond motifs is 3. The standard InChI is InChI=1S/C28H36ClN7O.ClH/c1-19-16-25(29)36-11-6-20-18-30-28(32-26(20)27(19)36)31-23-5-4-22(17-24(23)37-3)34-9-7-21(8-10-34)35-14-12-33(2)13-15-35;/h4-5,16-18,21H,6-15H2,1-3H3,(H,30,31,32);1H. The van der Waals surface area contributed by atoms with Crippen molar-refractivity contribution in [3.05, 3.63) is 46.7 Å². The van der Waals surface area contributed by atoms with E-state index in [0.717, 1.165) is 65.2 Å². The maximum atomic E-state index is 6.45. The molecule has 3 aromatic rings. The molecule has 0 bridgehead atoms. The summed E-state index contributed by atoms with van der Waals surface area (Å²) in [4.78, 5) is 17.1. The lowest BCUT2D eigenvalue weighted by molar-refractivity contribution is 0.0982. The van der Waals surface area contributed by atoms with E-state index >= 15 is 0 Å². The molecule has 1 N–H and O–H groups in total. The number of nitrogens with zero attached hydrogens (tertiary/aromatic N) is 6. The molecule has 6 rings (SSSR count). The van der Waals surface area contributed by atoms with Crippen LogP contribution in [0.15, 0.2) is 30.5 Å². The van der Waals surface area contributed by atoms with Crippen molar-refractivity contribution in [1.82, 2.24) is 24.3 Å². The summed E-state index contributed by atoms with van der Waals surface area (Å²) in [6.45, 7) is 9.83. The van der Waals surface area contributed by atoms with Crippen LogP contribution in [0.4, 0.5) is 17.3 Å². The van der Waals surface area contributed by atoms with Crippen LogP contribution < -0.4 is 15.0 Å². The zero-order valence-electron chi connectivity index (χ0n) is 22.4. The quantitative estimate of drug-likeness (QED) is 0.480. The van der Waals surface area contributed by atoms with Gasteiger partial charge in [0.05, 0.1) is 24.2 Å². The van der Waals surface area contributed by atoms with Crippen LogP contribution in [0.3, 0.4) is 0 Å². The second-order valence-electron chi connectivity index (χ2n) is 10.5. The molecule has 2 saturated heterocycles. The van der Waals surface area contributed by atoms with Gasteiger partial charge in [0, 0.05) is 75.4 Å². The van der Waals surface area contributed by atoms with Gasteiger partial charge in [-0.15, -0.1) is 12.4 Å². The molecule has 0 saturated carbocycles. The lowest BCUT2D eigenvalue weighted by Gasteiger charge is -2.42. The molecular weight excluding hydrogens is 521 g/mol. The van der Waals surface area contributed by atoms with Gasteiger partial charge < -0.3 is 24.4 Å². The lowest BCUT2D eigenvalue weighted by atomic mass is 10.0. The van der Waals surface area contributed by atoms with Crippen LogP contribution in [-0.2, 0) is 13.0 Å². The monoisotopic (exact) mass is 557 g/mol. The largest absolute Gasteiger partial charge is 0.494 e. The summed E-state index contributed by atoms with van der Waals surface area (Å²) in [5.74, 6) is 1.35. The molecule has 0 aliphatic carbocycles. The van der Waals surface area contributed by atoms with Crippen LogP contribution in [0.2, 0.25) is 5.15 Å². The number of benzene rings is 1. The minimum atomic E-state index is 0. The molecule has 3 aliphatic heterocycles. The van der Waals surface area contributed by atoms with E-state index < -0.39 is 0 Å². The van der Waals surface area contributed by atoms with Crippen molar-refractivity contribution in [1.29, 1.82) is 0 Å². The zero-order chi connectivity index (χ0) is 25.5. The average Bonchev–Trinajstić information content (AvgIpc) is 3.22. The SMILES string of the molecule is COc1cc(N2CCC(N3CCN(C)CC3)CC2)ccc1Nc1ncc2c(n1)-c1c(C)cc(Cl)n1CC2.Cl. The predicted molar refractivity (Wildman–Crippen MR) is 157 cm³/mol. The number of piperazine rings is 1. The van der Waals surface area contributed by atoms with Gasteiger partial charge in [0.25, 0.3) is 0 Å². The first-order valence-corrected chi connectivity index (χ1v) is 13.7. The third kappa shape index (κ3) is 5.19. The van der Waals surface area contributed by atoms with Gasteiger partial charge in [-0.25, -0.2) is 9.97 Å². The Morgan fingerprint density at radius 3 is 2.53 bits per heavy atom. The molecule has 10 heteroatoms. The smallest absolute Gasteiger partial charge is 0.227 e. The highest BCUT2D eigenvalue weighted by molar-refractivity contribution is 6.30. The normalized spacial score (nSPS) is 18.5. The summed E-state index contributed by atoms with van der Waals surface area (Å²) in [6.07, 6.45) is 5.22. The van der Waals surface area contributed by atoms with Crippen LogP contribution in [-0.4, -0.2) is 83.8 Å². The molecule has 38 heavy (non-hydrogen) atoms. The Balaban J connectivity index is 0.00000294. The number of likely N-dealkylation sites (N-methyl/N-ethyl adjacent to an activating group) is 1. The Morgan fingerprint density at radius 2 is 1.79 bits per heavy atom. The molecule has 0 radical (unpaired) electrons. The van der Waals surface area contributed by atoms with E-state index in [4.69, 9.17) is 21.3 Å². The van der Waals surface area contributed by atoms with Crippen molar-refractivity contribution in [2.45, 2.75) is 38.8 Å². The number of piperidine rings is 1. The molecule has 204 valence electrons. The predicted octanol–water partition coefficient (Wildman–Crippen LogP) is 4.85. The number of rotatable bonds is 5. The van der Waals surface area contributed by atoms with Gasteiger partial charge in [-0.2, -0.15) is 0 Å². The Morgan fingerprint density at radius 1 is 1.03 bits per heavy atom. The second kappa shape index (κ2) is 11.3. The van der Waals surface area contributed by atoms with E-state index in [-0.39, 0.29) is 12.4 Å². The number of nitrogens with one attached hydrogen (secondary N) is 1. The maximum absolute atomic E-state index is 6.45. The molecule has 2 aromatic heterocycles. The first kappa shape index (κ1) is 27.1. The molecule has 5 heterocycles. The number of halogens is 2. The van der Waals surface area contributed by atoms with Gasteiger partial charge in [0.2, 0.25) is 5.95 Å². The first-order chi connectivity index (χ1) is 18.0. The fourth-order valence-electron chi connectivity index (χ4n) is 6.04. The van der Waals surface area contributed by atoms with Gasteiger partial charge in [0.1, 0.15) is 10.9 Å². The number of hydrogen-bond donors (Lipinski definition) is 1. The minimum absolute atomic E-state index is 0. The summed E-state index contributed by atoms with van der Waals surface area (Å²) in [5.41, 5.74) is 6.38. The molecule has 0 unspecified atom stereocenters. The first-order valence-electron chi connectivity index (χ1n) is 13.3. The fourth-order valence-corrected chi connectivity index (χ4v) is 6.37. The summed E-state index contributed by atoms with van der Waals surface area (Å²) in [6, 6.07) is 9.10. The fraction of sp³-hybridized carbons (Fsp3) is 0.500. The van der Waals surface area contributed by atoms with E-state index in [1.54, 1.807) is 7.11 Å². The van der Waals surface area contributed by atoms with Gasteiger partial charge in [-0.1, -0.05) is 11.6 Å². The van der Waals surface area contributed by atoms with Crippen LogP contribution >= 0.6 is 24.0 Å². The van der Waals surface area contributed by atoms with E-state index in [9.17, 15) is 0 Å². The van der Waals surface area contributed by atoms with Crippen LogP contribution in [0.5, 0.6) is 5.75 Å². The zero-order valence-corrected chi connectivity index (χ0v) is 24.0. The van der Waals surface area contributed by atoms with E-state index in [0.29, 0.717) is 12.0 Å². The molecule has 8 nitrogen and oxygen atoms in total. The van der Waals surface area contributed by atoms with Crippen molar-refractivity contribution in [3.63, 3.8) is 0 Å². The van der Waals surface area contributed by atoms with Crippen LogP contribution in [0.25, 0.3) is 11.4 Å².